The lowest BCUT2D eigenvalue weighted by molar-refractivity contribution is -0.119. The fraction of sp³-hybridized carbons (Fsp3) is 0.150. The second-order valence-electron chi connectivity index (χ2n) is 5.86. The van der Waals surface area contributed by atoms with Crippen molar-refractivity contribution in [3.63, 3.8) is 0 Å². The number of pyridine rings is 2. The zero-order valence-electron chi connectivity index (χ0n) is 14.2. The van der Waals surface area contributed by atoms with Gasteiger partial charge in [-0.15, -0.1) is 0 Å². The minimum atomic E-state index is -0.481. The van der Waals surface area contributed by atoms with E-state index in [9.17, 15) is 9.18 Å². The van der Waals surface area contributed by atoms with Crippen LogP contribution >= 0.6 is 0 Å². The summed E-state index contributed by atoms with van der Waals surface area (Å²) < 4.78 is 19.2. The predicted octanol–water partition coefficient (Wildman–Crippen LogP) is 3.10. The molecule has 3 rings (SSSR count). The highest BCUT2D eigenvalue weighted by molar-refractivity contribution is 5.82. The summed E-state index contributed by atoms with van der Waals surface area (Å²) in [7, 11) is 1.47. The van der Waals surface area contributed by atoms with Gasteiger partial charge < -0.3 is 10.5 Å². The molecule has 0 saturated heterocycles. The predicted molar refractivity (Wildman–Crippen MR) is 96.1 cm³/mol. The van der Waals surface area contributed by atoms with Crippen molar-refractivity contribution in [1.82, 2.24) is 9.97 Å². The summed E-state index contributed by atoms with van der Waals surface area (Å²) in [6.07, 6.45) is 4.70. The minimum Gasteiger partial charge on any atom is -0.481 e. The number of carbonyl (C=O) groups is 1. The van der Waals surface area contributed by atoms with E-state index in [1.807, 2.05) is 30.3 Å². The molecule has 0 aliphatic carbocycles. The highest BCUT2D eigenvalue weighted by atomic mass is 19.1. The van der Waals surface area contributed by atoms with Gasteiger partial charge in [0.05, 0.1) is 19.2 Å². The Bertz CT molecular complexity index is 916. The zero-order valence-corrected chi connectivity index (χ0v) is 14.2. The second kappa shape index (κ2) is 7.74. The van der Waals surface area contributed by atoms with Crippen LogP contribution in [-0.4, -0.2) is 23.0 Å². The van der Waals surface area contributed by atoms with Crippen LogP contribution in [0.15, 0.2) is 61.1 Å². The summed E-state index contributed by atoms with van der Waals surface area (Å²) in [5, 5.41) is 0. The monoisotopic (exact) mass is 351 g/mol. The van der Waals surface area contributed by atoms with E-state index >= 15 is 0 Å². The van der Waals surface area contributed by atoms with Gasteiger partial charge in [-0.3, -0.25) is 9.78 Å². The van der Waals surface area contributed by atoms with Crippen LogP contribution in [0.5, 0.6) is 5.88 Å². The first-order valence-electron chi connectivity index (χ1n) is 8.06. The standard InChI is InChI=1S/C20H18FN3O2/c1-26-19-9-16(18(21)12-24-19)15-7-13(10-23-11-15)8-17(20(22)25)14-5-3-2-4-6-14/h2-7,9-12,17H,8H2,1H3,(H2,22,25). The molecule has 1 unspecified atom stereocenters. The highest BCUT2D eigenvalue weighted by Gasteiger charge is 2.19. The number of nitrogens with zero attached hydrogens (tertiary/aromatic N) is 2. The third-order valence-electron chi connectivity index (χ3n) is 4.13. The summed E-state index contributed by atoms with van der Waals surface area (Å²) in [6.45, 7) is 0. The maximum Gasteiger partial charge on any atom is 0.225 e. The maximum absolute atomic E-state index is 14.2. The Morgan fingerprint density at radius 2 is 1.96 bits per heavy atom. The number of halogens is 1. The quantitative estimate of drug-likeness (QED) is 0.740. The van der Waals surface area contributed by atoms with Crippen molar-refractivity contribution in [2.24, 2.45) is 5.73 Å². The molecule has 132 valence electrons. The van der Waals surface area contributed by atoms with Crippen LogP contribution in [0, 0.1) is 5.82 Å². The third-order valence-corrected chi connectivity index (χ3v) is 4.13. The van der Waals surface area contributed by atoms with E-state index in [1.54, 1.807) is 18.5 Å². The molecule has 1 amide bonds. The summed E-state index contributed by atoms with van der Waals surface area (Å²) in [6, 6.07) is 12.6. The molecule has 0 bridgehead atoms. The molecule has 1 atom stereocenters. The first-order chi connectivity index (χ1) is 12.6. The number of aromatic nitrogens is 2. The molecule has 0 spiro atoms. The molecule has 0 aliphatic rings. The number of methoxy groups -OCH3 is 1. The molecule has 0 aliphatic heterocycles. The summed E-state index contributed by atoms with van der Waals surface area (Å²) >= 11 is 0. The van der Waals surface area contributed by atoms with Crippen LogP contribution < -0.4 is 10.5 Å². The molecule has 0 radical (unpaired) electrons. The van der Waals surface area contributed by atoms with Gasteiger partial charge in [0.25, 0.3) is 0 Å². The van der Waals surface area contributed by atoms with Crippen LogP contribution in [0.1, 0.15) is 17.0 Å². The molecule has 6 heteroatoms. The number of nitrogens with two attached hydrogens (primary N) is 1. The van der Waals surface area contributed by atoms with E-state index in [1.165, 1.54) is 13.2 Å². The van der Waals surface area contributed by atoms with Crippen LogP contribution in [-0.2, 0) is 11.2 Å². The Hall–Kier alpha value is -3.28. The number of hydrogen-bond acceptors (Lipinski definition) is 4. The fourth-order valence-electron chi connectivity index (χ4n) is 2.80. The van der Waals surface area contributed by atoms with Gasteiger partial charge in [0, 0.05) is 29.6 Å². The zero-order chi connectivity index (χ0) is 18.5. The first-order valence-corrected chi connectivity index (χ1v) is 8.06. The van der Waals surface area contributed by atoms with E-state index < -0.39 is 17.6 Å². The van der Waals surface area contributed by atoms with Crippen molar-refractivity contribution in [1.29, 1.82) is 0 Å². The molecule has 5 nitrogen and oxygen atoms in total. The third kappa shape index (κ3) is 3.85. The van der Waals surface area contributed by atoms with Crippen molar-refractivity contribution in [3.8, 4) is 17.0 Å². The number of amides is 1. The molecule has 2 N–H and O–H groups in total. The lowest BCUT2D eigenvalue weighted by Gasteiger charge is -2.14. The maximum atomic E-state index is 14.2. The number of ether oxygens (including phenoxy) is 1. The number of benzene rings is 1. The van der Waals surface area contributed by atoms with E-state index in [-0.39, 0.29) is 0 Å². The number of carbonyl (C=O) groups excluding carboxylic acids is 1. The van der Waals surface area contributed by atoms with Gasteiger partial charge in [0.1, 0.15) is 5.82 Å². The topological polar surface area (TPSA) is 78.1 Å². The Morgan fingerprint density at radius 1 is 1.19 bits per heavy atom. The summed E-state index contributed by atoms with van der Waals surface area (Å²) in [5.74, 6) is -1.06. The van der Waals surface area contributed by atoms with E-state index in [0.717, 1.165) is 17.3 Å². The van der Waals surface area contributed by atoms with E-state index in [0.29, 0.717) is 23.4 Å². The Labute approximate surface area is 150 Å². The summed E-state index contributed by atoms with van der Waals surface area (Å²) in [4.78, 5) is 19.9. The first kappa shape index (κ1) is 17.5. The van der Waals surface area contributed by atoms with Crippen LogP contribution in [0.4, 0.5) is 4.39 Å². The molecule has 3 aromatic rings. The average molecular weight is 351 g/mol. The Kier molecular flexibility index (Phi) is 5.22. The smallest absolute Gasteiger partial charge is 0.225 e. The van der Waals surface area contributed by atoms with Gasteiger partial charge >= 0.3 is 0 Å². The molecule has 0 fully saturated rings. The van der Waals surface area contributed by atoms with Gasteiger partial charge in [0.15, 0.2) is 0 Å². The average Bonchev–Trinajstić information content (AvgIpc) is 2.67. The molecule has 0 saturated carbocycles. The number of hydrogen-bond donors (Lipinski definition) is 1. The Balaban J connectivity index is 1.93. The van der Waals surface area contributed by atoms with E-state index in [2.05, 4.69) is 9.97 Å². The highest BCUT2D eigenvalue weighted by Crippen LogP contribution is 2.27. The lowest BCUT2D eigenvalue weighted by Crippen LogP contribution is -2.23. The SMILES string of the molecule is COc1cc(-c2cncc(CC(C(N)=O)c3ccccc3)c2)c(F)cn1. The minimum absolute atomic E-state index is 0.311. The van der Waals surface area contributed by atoms with Crippen molar-refractivity contribution in [2.45, 2.75) is 12.3 Å². The molecular formula is C20H18FN3O2. The molecule has 26 heavy (non-hydrogen) atoms. The van der Waals surface area contributed by atoms with Crippen molar-refractivity contribution in [3.05, 3.63) is 78.0 Å². The van der Waals surface area contributed by atoms with Gasteiger partial charge in [-0.25, -0.2) is 9.37 Å². The van der Waals surface area contributed by atoms with Gasteiger partial charge in [-0.05, 0) is 23.6 Å². The van der Waals surface area contributed by atoms with Crippen LogP contribution in [0.2, 0.25) is 0 Å². The van der Waals surface area contributed by atoms with Gasteiger partial charge in [-0.2, -0.15) is 0 Å². The number of primary amides is 1. The summed E-state index contributed by atoms with van der Waals surface area (Å²) in [5.41, 5.74) is 8.12. The Morgan fingerprint density at radius 3 is 2.65 bits per heavy atom. The van der Waals surface area contributed by atoms with Crippen LogP contribution in [0.25, 0.3) is 11.1 Å². The van der Waals surface area contributed by atoms with Crippen molar-refractivity contribution >= 4 is 5.91 Å². The second-order valence-corrected chi connectivity index (χ2v) is 5.86. The molecule has 1 aromatic carbocycles. The fourth-order valence-corrected chi connectivity index (χ4v) is 2.80. The lowest BCUT2D eigenvalue weighted by atomic mass is 9.91. The molecule has 2 heterocycles. The van der Waals surface area contributed by atoms with Crippen LogP contribution in [0.3, 0.4) is 0 Å². The normalized spacial score (nSPS) is 11.8. The van der Waals surface area contributed by atoms with Crippen molar-refractivity contribution < 1.29 is 13.9 Å². The molecule has 2 aromatic heterocycles. The molecular weight excluding hydrogens is 333 g/mol. The van der Waals surface area contributed by atoms with E-state index in [4.69, 9.17) is 10.5 Å². The van der Waals surface area contributed by atoms with Gasteiger partial charge in [0.2, 0.25) is 11.8 Å². The van der Waals surface area contributed by atoms with Gasteiger partial charge in [-0.1, -0.05) is 30.3 Å². The largest absolute Gasteiger partial charge is 0.481 e. The van der Waals surface area contributed by atoms with Crippen molar-refractivity contribution in [2.75, 3.05) is 7.11 Å². The number of rotatable bonds is 6.